The average Bonchev–Trinajstić information content (AvgIpc) is 2.77. The first kappa shape index (κ1) is 10.4. The summed E-state index contributed by atoms with van der Waals surface area (Å²) < 4.78 is 1.84. The van der Waals surface area contributed by atoms with Gasteiger partial charge in [-0.1, -0.05) is 12.1 Å². The van der Waals surface area contributed by atoms with Crippen molar-refractivity contribution >= 4 is 11.8 Å². The third-order valence-corrected chi connectivity index (χ3v) is 2.78. The quantitative estimate of drug-likeness (QED) is 0.583. The number of benzene rings is 1. The first-order valence-electron chi connectivity index (χ1n) is 4.59. The van der Waals surface area contributed by atoms with Crippen LogP contribution in [0.25, 0.3) is 5.69 Å². The van der Waals surface area contributed by atoms with Crippen LogP contribution in [0, 0.1) is 22.0 Å². The summed E-state index contributed by atoms with van der Waals surface area (Å²) in [7, 11) is 0. The number of hydrogen-bond donors (Lipinski definition) is 0. The summed E-state index contributed by atoms with van der Waals surface area (Å²) in [6.45, 7) is 0. The number of para-hydroxylation sites is 1. The topological polar surface area (TPSA) is 52.5 Å². The minimum Gasteiger partial charge on any atom is -0.309 e. The molecule has 0 aliphatic carbocycles. The second-order valence-corrected chi connectivity index (χ2v) is 3.84. The Labute approximate surface area is 97.5 Å². The lowest BCUT2D eigenvalue weighted by atomic mass is 10.2. The van der Waals surface area contributed by atoms with E-state index in [1.54, 1.807) is 6.07 Å². The number of nitrogens with zero attached hydrogens (tertiary/aromatic N) is 3. The molecule has 4 heteroatoms. The summed E-state index contributed by atoms with van der Waals surface area (Å²) in [5.74, 6) is 0. The predicted octanol–water partition coefficient (Wildman–Crippen LogP) is 2.92. The molecule has 0 radical (unpaired) electrons. The van der Waals surface area contributed by atoms with Crippen LogP contribution in [0.4, 0.5) is 0 Å². The van der Waals surface area contributed by atoms with Crippen molar-refractivity contribution in [3.8, 4) is 17.2 Å². The van der Waals surface area contributed by atoms with E-state index in [9.17, 15) is 0 Å². The van der Waals surface area contributed by atoms with Crippen molar-refractivity contribution in [2.24, 2.45) is 0 Å². The minimum absolute atomic E-state index is 0.596. The van der Waals surface area contributed by atoms with E-state index < -0.39 is 0 Å². The fourth-order valence-electron chi connectivity index (χ4n) is 1.47. The first-order valence-corrected chi connectivity index (χ1v) is 5.41. The lowest BCUT2D eigenvalue weighted by Crippen LogP contribution is -1.96. The number of thiocyanates is 1. The number of hydrogen-bond acceptors (Lipinski definition) is 3. The van der Waals surface area contributed by atoms with E-state index in [1.807, 2.05) is 46.5 Å². The molecule has 0 bridgehead atoms. The Hall–Kier alpha value is -2.17. The standard InChI is InChI=1S/C12H7N3S/c13-8-10-4-1-2-5-11(10)15-7-3-6-12(15)16-9-14/h1-7H. The Morgan fingerprint density at radius 2 is 1.88 bits per heavy atom. The molecule has 0 fully saturated rings. The zero-order valence-electron chi connectivity index (χ0n) is 8.29. The van der Waals surface area contributed by atoms with Gasteiger partial charge in [0.1, 0.15) is 11.5 Å². The molecule has 16 heavy (non-hydrogen) atoms. The van der Waals surface area contributed by atoms with Gasteiger partial charge < -0.3 is 4.57 Å². The molecule has 0 amide bonds. The zero-order chi connectivity index (χ0) is 11.4. The van der Waals surface area contributed by atoms with Crippen LogP contribution in [0.1, 0.15) is 5.56 Å². The highest BCUT2D eigenvalue weighted by atomic mass is 32.2. The molecule has 0 aliphatic rings. The molecular weight excluding hydrogens is 218 g/mol. The Morgan fingerprint density at radius 1 is 1.06 bits per heavy atom. The maximum atomic E-state index is 9.00. The average molecular weight is 225 g/mol. The van der Waals surface area contributed by atoms with Crippen LogP contribution < -0.4 is 0 Å². The number of aromatic nitrogens is 1. The van der Waals surface area contributed by atoms with Crippen molar-refractivity contribution in [3.05, 3.63) is 48.2 Å². The van der Waals surface area contributed by atoms with Gasteiger partial charge >= 0.3 is 0 Å². The molecule has 1 aromatic heterocycles. The predicted molar refractivity (Wildman–Crippen MR) is 62.0 cm³/mol. The molecule has 0 atom stereocenters. The van der Waals surface area contributed by atoms with Crippen LogP contribution in [-0.2, 0) is 0 Å². The lowest BCUT2D eigenvalue weighted by molar-refractivity contribution is 0.954. The highest BCUT2D eigenvalue weighted by Crippen LogP contribution is 2.23. The molecule has 0 spiro atoms. The molecule has 0 aliphatic heterocycles. The van der Waals surface area contributed by atoms with E-state index >= 15 is 0 Å². The summed E-state index contributed by atoms with van der Waals surface area (Å²) in [6.07, 6.45) is 1.84. The highest BCUT2D eigenvalue weighted by molar-refractivity contribution is 8.03. The van der Waals surface area contributed by atoms with Crippen LogP contribution in [0.15, 0.2) is 47.6 Å². The van der Waals surface area contributed by atoms with Crippen molar-refractivity contribution in [1.82, 2.24) is 4.57 Å². The molecule has 2 aromatic rings. The molecule has 1 aromatic carbocycles. The van der Waals surface area contributed by atoms with Crippen LogP contribution in [0.3, 0.4) is 0 Å². The van der Waals surface area contributed by atoms with Gasteiger partial charge in [0.2, 0.25) is 0 Å². The molecule has 0 saturated heterocycles. The maximum absolute atomic E-state index is 9.00. The molecule has 1 heterocycles. The smallest absolute Gasteiger partial charge is 0.140 e. The summed E-state index contributed by atoms with van der Waals surface area (Å²) in [6, 6.07) is 13.2. The van der Waals surface area contributed by atoms with Crippen molar-refractivity contribution in [2.45, 2.75) is 5.03 Å². The van der Waals surface area contributed by atoms with Crippen LogP contribution >= 0.6 is 11.8 Å². The van der Waals surface area contributed by atoms with E-state index in [0.717, 1.165) is 22.5 Å². The molecule has 2 rings (SSSR count). The van der Waals surface area contributed by atoms with Gasteiger partial charge in [-0.25, -0.2) is 0 Å². The van der Waals surface area contributed by atoms with Gasteiger partial charge in [-0.3, -0.25) is 0 Å². The summed E-state index contributed by atoms with van der Waals surface area (Å²) in [5, 5.41) is 20.5. The Balaban J connectivity index is 2.56. The minimum atomic E-state index is 0.596. The first-order chi connectivity index (χ1) is 7.86. The van der Waals surface area contributed by atoms with E-state index in [-0.39, 0.29) is 0 Å². The van der Waals surface area contributed by atoms with Crippen LogP contribution in [-0.4, -0.2) is 4.57 Å². The molecule has 0 saturated carbocycles. The molecule has 76 valence electrons. The lowest BCUT2D eigenvalue weighted by Gasteiger charge is -2.07. The van der Waals surface area contributed by atoms with Gasteiger partial charge in [0.05, 0.1) is 16.3 Å². The van der Waals surface area contributed by atoms with E-state index in [2.05, 4.69) is 6.07 Å². The van der Waals surface area contributed by atoms with Crippen molar-refractivity contribution in [3.63, 3.8) is 0 Å². The van der Waals surface area contributed by atoms with Gasteiger partial charge in [-0.2, -0.15) is 10.5 Å². The summed E-state index contributed by atoms with van der Waals surface area (Å²) in [4.78, 5) is 0. The summed E-state index contributed by atoms with van der Waals surface area (Å²) in [5.41, 5.74) is 1.39. The Bertz CT molecular complexity index is 587. The molecule has 3 nitrogen and oxygen atoms in total. The molecule has 0 unspecified atom stereocenters. The Morgan fingerprint density at radius 3 is 2.62 bits per heavy atom. The van der Waals surface area contributed by atoms with Crippen molar-refractivity contribution in [2.75, 3.05) is 0 Å². The second kappa shape index (κ2) is 4.57. The van der Waals surface area contributed by atoms with Gasteiger partial charge in [0, 0.05) is 18.0 Å². The number of rotatable bonds is 2. The fourth-order valence-corrected chi connectivity index (χ4v) is 1.97. The van der Waals surface area contributed by atoms with Gasteiger partial charge in [-0.15, -0.1) is 0 Å². The summed E-state index contributed by atoms with van der Waals surface area (Å²) >= 11 is 1.08. The number of nitriles is 2. The Kier molecular flexibility index (Phi) is 2.95. The third kappa shape index (κ3) is 1.79. The number of thioether (sulfide) groups is 1. The second-order valence-electron chi connectivity index (χ2n) is 3.04. The van der Waals surface area contributed by atoms with E-state index in [4.69, 9.17) is 10.5 Å². The van der Waals surface area contributed by atoms with Gasteiger partial charge in [0.15, 0.2) is 0 Å². The van der Waals surface area contributed by atoms with Gasteiger partial charge in [-0.05, 0) is 24.3 Å². The highest BCUT2D eigenvalue weighted by Gasteiger charge is 2.07. The maximum Gasteiger partial charge on any atom is 0.140 e. The van der Waals surface area contributed by atoms with Crippen LogP contribution in [0.2, 0.25) is 0 Å². The normalized spacial score (nSPS) is 9.38. The van der Waals surface area contributed by atoms with Crippen molar-refractivity contribution in [1.29, 1.82) is 10.5 Å². The van der Waals surface area contributed by atoms with Gasteiger partial charge in [0.25, 0.3) is 0 Å². The third-order valence-electron chi connectivity index (χ3n) is 2.15. The monoisotopic (exact) mass is 225 g/mol. The van der Waals surface area contributed by atoms with E-state index in [1.165, 1.54) is 0 Å². The molecule has 0 N–H and O–H groups in total. The zero-order valence-corrected chi connectivity index (χ0v) is 9.11. The SMILES string of the molecule is N#CSc1cccn1-c1ccccc1C#N. The fraction of sp³-hybridized carbons (Fsp3) is 0. The van der Waals surface area contributed by atoms with Crippen LogP contribution in [0.5, 0.6) is 0 Å². The largest absolute Gasteiger partial charge is 0.309 e. The van der Waals surface area contributed by atoms with Crippen molar-refractivity contribution < 1.29 is 0 Å². The molecular formula is C12H7N3S. The van der Waals surface area contributed by atoms with E-state index in [0.29, 0.717) is 5.56 Å².